The van der Waals surface area contributed by atoms with Crippen LogP contribution in [0, 0.1) is 5.92 Å². The lowest BCUT2D eigenvalue weighted by Gasteiger charge is -2.33. The maximum atomic E-state index is 11.3. The molecular formula is C23H26N2O2. The van der Waals surface area contributed by atoms with Gasteiger partial charge in [0, 0.05) is 11.8 Å². The molecule has 4 heteroatoms. The Hall–Kier alpha value is -2.33. The zero-order valence-corrected chi connectivity index (χ0v) is 15.5. The van der Waals surface area contributed by atoms with Crippen LogP contribution in [0.4, 0.5) is 0 Å². The van der Waals surface area contributed by atoms with Crippen LogP contribution < -0.4 is 0 Å². The normalized spacial score (nSPS) is 24.2. The van der Waals surface area contributed by atoms with E-state index in [1.807, 2.05) is 29.1 Å². The number of hydrogen-bond acceptors (Lipinski definition) is 3. The van der Waals surface area contributed by atoms with E-state index in [-0.39, 0.29) is 0 Å². The molecule has 2 N–H and O–H groups in total. The van der Waals surface area contributed by atoms with Gasteiger partial charge >= 0.3 is 0 Å². The van der Waals surface area contributed by atoms with E-state index in [0.717, 1.165) is 36.8 Å². The molecule has 0 saturated heterocycles. The van der Waals surface area contributed by atoms with Crippen LogP contribution in [-0.2, 0) is 0 Å². The maximum Gasteiger partial charge on any atom is 0.115 e. The van der Waals surface area contributed by atoms with Crippen LogP contribution in [0.5, 0.6) is 5.75 Å². The lowest BCUT2D eigenvalue weighted by Crippen LogP contribution is -2.21. The molecule has 0 spiro atoms. The van der Waals surface area contributed by atoms with Crippen molar-refractivity contribution in [2.24, 2.45) is 5.92 Å². The number of aromatic hydroxyl groups is 1. The second kappa shape index (κ2) is 6.68. The Morgan fingerprint density at radius 3 is 2.33 bits per heavy atom. The van der Waals surface area contributed by atoms with Crippen molar-refractivity contribution in [2.75, 3.05) is 0 Å². The highest BCUT2D eigenvalue weighted by Crippen LogP contribution is 2.48. The molecule has 1 aromatic carbocycles. The van der Waals surface area contributed by atoms with E-state index in [9.17, 15) is 10.2 Å². The van der Waals surface area contributed by atoms with E-state index in [2.05, 4.69) is 17.2 Å². The Morgan fingerprint density at radius 1 is 0.926 bits per heavy atom. The molecule has 0 unspecified atom stereocenters. The minimum atomic E-state index is -0.415. The summed E-state index contributed by atoms with van der Waals surface area (Å²) in [5, 5.41) is 20.8. The van der Waals surface area contributed by atoms with Gasteiger partial charge in [-0.2, -0.15) is 0 Å². The molecule has 140 valence electrons. The average molecular weight is 362 g/mol. The fourth-order valence-corrected chi connectivity index (χ4v) is 4.85. The molecule has 2 saturated carbocycles. The number of fused-ring (bicyclic) bond motifs is 1. The second-order valence-corrected chi connectivity index (χ2v) is 8.29. The summed E-state index contributed by atoms with van der Waals surface area (Å²) in [5.41, 5.74) is 4.81. The zero-order chi connectivity index (χ0) is 18.4. The van der Waals surface area contributed by atoms with Gasteiger partial charge in [0.25, 0.3) is 0 Å². The number of nitrogens with zero attached hydrogens (tertiary/aromatic N) is 2. The number of aliphatic hydroxyl groups is 1. The van der Waals surface area contributed by atoms with E-state index < -0.39 is 6.10 Å². The zero-order valence-electron chi connectivity index (χ0n) is 15.5. The lowest BCUT2D eigenvalue weighted by atomic mass is 9.75. The van der Waals surface area contributed by atoms with Crippen LogP contribution in [-0.4, -0.2) is 19.6 Å². The first-order valence-electron chi connectivity index (χ1n) is 10.1. The Labute approximate surface area is 159 Å². The standard InChI is InChI=1S/C23H26N2O2/c26-19-9-7-16(8-10-19)15-1-5-18(6-2-15)23(27)22-20(17-3-4-17)11-12-25-14-24-13-21(22)25/h7-15,17-18,23,26-27H,1-6H2/t15-,18-,23-/m1/s1. The predicted octanol–water partition coefficient (Wildman–Crippen LogP) is 4.92. The van der Waals surface area contributed by atoms with E-state index in [1.54, 1.807) is 12.1 Å². The third-order valence-electron chi connectivity index (χ3n) is 6.56. The summed E-state index contributed by atoms with van der Waals surface area (Å²) < 4.78 is 2.03. The van der Waals surface area contributed by atoms with Gasteiger partial charge in [0.15, 0.2) is 0 Å². The van der Waals surface area contributed by atoms with Crippen LogP contribution in [0.15, 0.2) is 49.1 Å². The van der Waals surface area contributed by atoms with Gasteiger partial charge in [-0.15, -0.1) is 0 Å². The number of imidazole rings is 1. The first-order chi connectivity index (χ1) is 13.2. The first kappa shape index (κ1) is 16.8. The molecule has 2 aliphatic rings. The highest BCUT2D eigenvalue weighted by molar-refractivity contribution is 5.59. The summed E-state index contributed by atoms with van der Waals surface area (Å²) in [4.78, 5) is 4.30. The molecule has 2 fully saturated rings. The number of aliphatic hydroxyl groups excluding tert-OH is 1. The van der Waals surface area contributed by atoms with Gasteiger partial charge in [-0.1, -0.05) is 12.1 Å². The van der Waals surface area contributed by atoms with Crippen molar-refractivity contribution in [3.05, 3.63) is 65.7 Å². The molecule has 3 aromatic rings. The van der Waals surface area contributed by atoms with Crippen LogP contribution in [0.1, 0.15) is 73.2 Å². The smallest absolute Gasteiger partial charge is 0.115 e. The number of rotatable bonds is 4. The lowest BCUT2D eigenvalue weighted by molar-refractivity contribution is 0.0810. The van der Waals surface area contributed by atoms with Gasteiger partial charge < -0.3 is 14.6 Å². The van der Waals surface area contributed by atoms with Gasteiger partial charge in [0.2, 0.25) is 0 Å². The van der Waals surface area contributed by atoms with Crippen molar-refractivity contribution in [2.45, 2.75) is 56.5 Å². The molecular weight excluding hydrogens is 336 g/mol. The fraction of sp³-hybridized carbons (Fsp3) is 0.435. The van der Waals surface area contributed by atoms with Crippen molar-refractivity contribution in [1.82, 2.24) is 9.38 Å². The van der Waals surface area contributed by atoms with Crippen molar-refractivity contribution in [3.8, 4) is 5.75 Å². The summed E-state index contributed by atoms with van der Waals surface area (Å²) >= 11 is 0. The number of pyridine rings is 1. The molecule has 0 radical (unpaired) electrons. The minimum absolute atomic E-state index is 0.303. The topological polar surface area (TPSA) is 57.8 Å². The number of aromatic nitrogens is 2. The fourth-order valence-electron chi connectivity index (χ4n) is 4.85. The highest BCUT2D eigenvalue weighted by atomic mass is 16.3. The van der Waals surface area contributed by atoms with Crippen LogP contribution in [0.2, 0.25) is 0 Å². The number of hydrogen-bond donors (Lipinski definition) is 2. The SMILES string of the molecule is Oc1ccc([C@H]2CC[C@H]([C@@H](O)c3c(C4CC4)ccn4cncc34)CC2)cc1. The Bertz CT molecular complexity index is 935. The highest BCUT2D eigenvalue weighted by Gasteiger charge is 2.34. The largest absolute Gasteiger partial charge is 0.508 e. The molecule has 2 aliphatic carbocycles. The minimum Gasteiger partial charge on any atom is -0.508 e. The summed E-state index contributed by atoms with van der Waals surface area (Å²) in [6, 6.07) is 9.81. The quantitative estimate of drug-likeness (QED) is 0.692. The van der Waals surface area contributed by atoms with Gasteiger partial charge in [-0.05, 0) is 85.6 Å². The van der Waals surface area contributed by atoms with Gasteiger partial charge in [-0.25, -0.2) is 4.98 Å². The summed E-state index contributed by atoms with van der Waals surface area (Å²) in [5.74, 6) is 1.77. The van der Waals surface area contributed by atoms with Crippen LogP contribution in [0.3, 0.4) is 0 Å². The summed E-state index contributed by atoms with van der Waals surface area (Å²) in [6.07, 6.45) is 12.1. The van der Waals surface area contributed by atoms with Crippen molar-refractivity contribution < 1.29 is 10.2 Å². The molecule has 2 aromatic heterocycles. The van der Waals surface area contributed by atoms with Crippen LogP contribution in [0.25, 0.3) is 5.52 Å². The van der Waals surface area contributed by atoms with Crippen molar-refractivity contribution in [3.63, 3.8) is 0 Å². The Morgan fingerprint density at radius 2 is 1.63 bits per heavy atom. The van der Waals surface area contributed by atoms with E-state index in [4.69, 9.17) is 0 Å². The molecule has 0 amide bonds. The molecule has 2 heterocycles. The third-order valence-corrected chi connectivity index (χ3v) is 6.56. The molecule has 0 bridgehead atoms. The molecule has 5 rings (SSSR count). The third kappa shape index (κ3) is 3.12. The van der Waals surface area contributed by atoms with Gasteiger partial charge in [0.1, 0.15) is 5.75 Å². The molecule has 4 nitrogen and oxygen atoms in total. The van der Waals surface area contributed by atoms with Crippen molar-refractivity contribution >= 4 is 5.52 Å². The molecule has 1 atom stereocenters. The summed E-state index contributed by atoms with van der Waals surface area (Å²) in [7, 11) is 0. The maximum absolute atomic E-state index is 11.3. The summed E-state index contributed by atoms with van der Waals surface area (Å²) in [6.45, 7) is 0. The Balaban J connectivity index is 1.37. The monoisotopic (exact) mass is 362 g/mol. The van der Waals surface area contributed by atoms with Crippen molar-refractivity contribution in [1.29, 1.82) is 0 Å². The number of benzene rings is 1. The molecule has 27 heavy (non-hydrogen) atoms. The van der Waals surface area contributed by atoms with Gasteiger partial charge in [0.05, 0.1) is 24.1 Å². The predicted molar refractivity (Wildman–Crippen MR) is 105 cm³/mol. The average Bonchev–Trinajstić information content (AvgIpc) is 3.44. The van der Waals surface area contributed by atoms with E-state index in [0.29, 0.717) is 23.5 Å². The van der Waals surface area contributed by atoms with Gasteiger partial charge in [-0.3, -0.25) is 0 Å². The Kier molecular flexibility index (Phi) is 4.16. The second-order valence-electron chi connectivity index (χ2n) is 8.29. The first-order valence-corrected chi connectivity index (χ1v) is 10.1. The number of phenols is 1. The van der Waals surface area contributed by atoms with Crippen LogP contribution >= 0.6 is 0 Å². The van der Waals surface area contributed by atoms with E-state index >= 15 is 0 Å². The molecule has 0 aliphatic heterocycles. The van der Waals surface area contributed by atoms with E-state index in [1.165, 1.54) is 24.0 Å². The number of phenolic OH excluding ortho intramolecular Hbond substituents is 1.